The van der Waals surface area contributed by atoms with E-state index in [4.69, 9.17) is 4.98 Å². The third-order valence-corrected chi connectivity index (χ3v) is 5.77. The highest BCUT2D eigenvalue weighted by atomic mass is 79.9. The minimum absolute atomic E-state index is 0.167. The molecule has 3 aromatic rings. The van der Waals surface area contributed by atoms with E-state index in [1.807, 2.05) is 36.1 Å². The quantitative estimate of drug-likeness (QED) is 0.489. The second-order valence-corrected chi connectivity index (χ2v) is 9.13. The zero-order valence-electron chi connectivity index (χ0n) is 17.6. The predicted octanol–water partition coefficient (Wildman–Crippen LogP) is 3.52. The summed E-state index contributed by atoms with van der Waals surface area (Å²) in [6.45, 7) is 6.76. The van der Waals surface area contributed by atoms with Gasteiger partial charge in [0.2, 0.25) is 5.95 Å². The molecule has 1 aliphatic carbocycles. The van der Waals surface area contributed by atoms with E-state index in [0.717, 1.165) is 52.7 Å². The summed E-state index contributed by atoms with van der Waals surface area (Å²) < 4.78 is 2.88. The van der Waals surface area contributed by atoms with Crippen molar-refractivity contribution < 1.29 is 4.79 Å². The number of anilines is 1. The van der Waals surface area contributed by atoms with E-state index in [2.05, 4.69) is 50.5 Å². The number of Topliss-reactive ketones (excluding diaryl/α,β-unsaturated/α-hetero) is 1. The number of aromatic nitrogens is 4. The molecule has 0 fully saturated rings. The summed E-state index contributed by atoms with van der Waals surface area (Å²) in [5, 5.41) is 12.0. The van der Waals surface area contributed by atoms with E-state index in [0.29, 0.717) is 23.9 Å². The van der Waals surface area contributed by atoms with Crippen molar-refractivity contribution in [2.45, 2.75) is 39.2 Å². The highest BCUT2D eigenvalue weighted by molar-refractivity contribution is 9.10. The van der Waals surface area contributed by atoms with E-state index < -0.39 is 5.92 Å². The molecule has 2 N–H and O–H groups in total. The van der Waals surface area contributed by atoms with Gasteiger partial charge in [-0.15, -0.1) is 0 Å². The Balaban J connectivity index is 1.79. The Labute approximate surface area is 184 Å². The second-order valence-electron chi connectivity index (χ2n) is 8.22. The summed E-state index contributed by atoms with van der Waals surface area (Å²) in [6.07, 6.45) is 3.37. The zero-order valence-corrected chi connectivity index (χ0v) is 19.2. The van der Waals surface area contributed by atoms with Crippen molar-refractivity contribution >= 4 is 38.7 Å². The summed E-state index contributed by atoms with van der Waals surface area (Å²) in [5.41, 5.74) is 3.46. The average Bonchev–Trinajstić information content (AvgIpc) is 3.23. The first-order chi connectivity index (χ1) is 14.5. The number of benzene rings is 1. The number of hydrogen-bond donors (Lipinski definition) is 2. The molecule has 1 unspecified atom stereocenters. The van der Waals surface area contributed by atoms with Gasteiger partial charge >= 0.3 is 0 Å². The zero-order chi connectivity index (χ0) is 21.3. The van der Waals surface area contributed by atoms with Crippen LogP contribution < -0.4 is 10.6 Å². The lowest BCUT2D eigenvalue weighted by Gasteiger charge is -2.13. The van der Waals surface area contributed by atoms with Gasteiger partial charge in [0.25, 0.3) is 0 Å². The minimum atomic E-state index is -0.391. The van der Waals surface area contributed by atoms with Crippen molar-refractivity contribution in [3.8, 4) is 0 Å². The molecule has 8 heteroatoms. The minimum Gasteiger partial charge on any atom is -0.354 e. The topological polar surface area (TPSA) is 84.7 Å². The smallest absolute Gasteiger partial charge is 0.225 e. The molecule has 1 aliphatic rings. The lowest BCUT2D eigenvalue weighted by Crippen LogP contribution is -2.16. The summed E-state index contributed by atoms with van der Waals surface area (Å²) in [6, 6.07) is 6.05. The summed E-state index contributed by atoms with van der Waals surface area (Å²) in [4.78, 5) is 22.5. The standard InChI is InChI=1S/C22H27BrN6O/c1-13(2)11-29-12-17-20(19-16-10-15(23)6-5-14(16)9-18(19)30)26-22(27-21(17)28-29)25-8-4-7-24-3/h5-6,10,12-13,19,24H,4,7-9,11H2,1-3H3,(H,25,27,28). The number of carbonyl (C=O) groups is 1. The fourth-order valence-corrected chi connectivity index (χ4v) is 4.34. The summed E-state index contributed by atoms with van der Waals surface area (Å²) >= 11 is 3.55. The maximum Gasteiger partial charge on any atom is 0.225 e. The number of nitrogens with zero attached hydrogens (tertiary/aromatic N) is 4. The number of ketones is 1. The molecule has 0 spiro atoms. The van der Waals surface area contributed by atoms with Gasteiger partial charge < -0.3 is 10.6 Å². The number of halogens is 1. The molecule has 0 bridgehead atoms. The number of fused-ring (bicyclic) bond motifs is 2. The fraction of sp³-hybridized carbons (Fsp3) is 0.455. The number of carbonyl (C=O) groups excluding carboxylic acids is 1. The first-order valence-electron chi connectivity index (χ1n) is 10.4. The molecule has 0 aliphatic heterocycles. The normalized spacial score (nSPS) is 15.9. The van der Waals surface area contributed by atoms with E-state index in [-0.39, 0.29) is 5.78 Å². The van der Waals surface area contributed by atoms with Gasteiger partial charge in [-0.05, 0) is 49.2 Å². The van der Waals surface area contributed by atoms with E-state index in [9.17, 15) is 4.79 Å². The van der Waals surface area contributed by atoms with E-state index in [1.165, 1.54) is 0 Å². The molecule has 30 heavy (non-hydrogen) atoms. The fourth-order valence-electron chi connectivity index (χ4n) is 3.96. The first kappa shape index (κ1) is 20.9. The third kappa shape index (κ3) is 4.25. The Morgan fingerprint density at radius 2 is 2.10 bits per heavy atom. The molecule has 0 amide bonds. The van der Waals surface area contributed by atoms with Crippen molar-refractivity contribution in [1.82, 2.24) is 25.1 Å². The van der Waals surface area contributed by atoms with Gasteiger partial charge in [-0.2, -0.15) is 10.1 Å². The largest absolute Gasteiger partial charge is 0.354 e. The van der Waals surface area contributed by atoms with Crippen LogP contribution >= 0.6 is 15.9 Å². The average molecular weight is 471 g/mol. The molecular weight excluding hydrogens is 444 g/mol. The van der Waals surface area contributed by atoms with Crippen LogP contribution in [0.5, 0.6) is 0 Å². The van der Waals surface area contributed by atoms with E-state index in [1.54, 1.807) is 0 Å². The third-order valence-electron chi connectivity index (χ3n) is 5.27. The Bertz CT molecular complexity index is 1080. The Morgan fingerprint density at radius 1 is 1.27 bits per heavy atom. The maximum atomic E-state index is 13.1. The highest BCUT2D eigenvalue weighted by Crippen LogP contribution is 2.39. The molecule has 158 valence electrons. The number of rotatable bonds is 8. The van der Waals surface area contributed by atoms with Crippen LogP contribution in [0.4, 0.5) is 5.95 Å². The van der Waals surface area contributed by atoms with Gasteiger partial charge in [-0.3, -0.25) is 9.48 Å². The predicted molar refractivity (Wildman–Crippen MR) is 122 cm³/mol. The van der Waals surface area contributed by atoms with Gasteiger partial charge in [-0.25, -0.2) is 4.98 Å². The van der Waals surface area contributed by atoms with E-state index >= 15 is 0 Å². The highest BCUT2D eigenvalue weighted by Gasteiger charge is 2.35. The van der Waals surface area contributed by atoms with Crippen LogP contribution in [-0.2, 0) is 17.8 Å². The Hall–Kier alpha value is -2.32. The van der Waals surface area contributed by atoms with Crippen LogP contribution in [0.1, 0.15) is 43.0 Å². The molecule has 4 rings (SSSR count). The van der Waals surface area contributed by atoms with Gasteiger partial charge in [0.15, 0.2) is 11.4 Å². The van der Waals surface area contributed by atoms with Gasteiger partial charge in [0.05, 0.1) is 17.0 Å². The molecule has 1 atom stereocenters. The molecule has 2 aromatic heterocycles. The summed E-state index contributed by atoms with van der Waals surface area (Å²) in [5.74, 6) is 0.762. The summed E-state index contributed by atoms with van der Waals surface area (Å²) in [7, 11) is 1.93. The van der Waals surface area contributed by atoms with Crippen molar-refractivity contribution in [3.63, 3.8) is 0 Å². The van der Waals surface area contributed by atoms with Crippen LogP contribution in [0, 0.1) is 5.92 Å². The Kier molecular flexibility index (Phi) is 6.15. The lowest BCUT2D eigenvalue weighted by molar-refractivity contribution is -0.118. The SMILES string of the molecule is CNCCCNc1nc(C2C(=O)Cc3ccc(Br)cc32)c2cn(CC(C)C)nc2n1. The molecule has 0 saturated carbocycles. The Morgan fingerprint density at radius 3 is 2.87 bits per heavy atom. The molecule has 7 nitrogen and oxygen atoms in total. The first-order valence-corrected chi connectivity index (χ1v) is 11.2. The monoisotopic (exact) mass is 470 g/mol. The number of nitrogens with one attached hydrogen (secondary N) is 2. The van der Waals surface area contributed by atoms with Crippen LogP contribution in [0.3, 0.4) is 0 Å². The van der Waals surface area contributed by atoms with Gasteiger partial charge in [0.1, 0.15) is 0 Å². The molecule has 0 radical (unpaired) electrons. The lowest BCUT2D eigenvalue weighted by atomic mass is 9.95. The van der Waals surface area contributed by atoms with Crippen LogP contribution in [0.2, 0.25) is 0 Å². The molecular formula is C22H27BrN6O. The molecule has 1 aromatic carbocycles. The van der Waals surface area contributed by atoms with Gasteiger partial charge in [-0.1, -0.05) is 35.8 Å². The second kappa shape index (κ2) is 8.81. The maximum absolute atomic E-state index is 13.1. The van der Waals surface area contributed by atoms with Gasteiger partial charge in [0, 0.05) is 30.2 Å². The van der Waals surface area contributed by atoms with Crippen molar-refractivity contribution in [3.05, 3.63) is 45.7 Å². The van der Waals surface area contributed by atoms with Crippen LogP contribution in [-0.4, -0.2) is 45.7 Å². The molecule has 2 heterocycles. The number of hydrogen-bond acceptors (Lipinski definition) is 6. The van der Waals surface area contributed by atoms with Crippen molar-refractivity contribution in [2.24, 2.45) is 5.92 Å². The van der Waals surface area contributed by atoms with Crippen LogP contribution in [0.15, 0.2) is 28.9 Å². The van der Waals surface area contributed by atoms with Crippen LogP contribution in [0.25, 0.3) is 11.0 Å². The van der Waals surface area contributed by atoms with Crippen molar-refractivity contribution in [2.75, 3.05) is 25.5 Å². The molecule has 0 saturated heterocycles. The van der Waals surface area contributed by atoms with Crippen molar-refractivity contribution in [1.29, 1.82) is 0 Å².